The zero-order valence-corrected chi connectivity index (χ0v) is 20.5. The smallest absolute Gasteiger partial charge is 0.320 e. The van der Waals surface area contributed by atoms with E-state index in [-0.39, 0.29) is 31.0 Å². The monoisotopic (exact) mass is 501 g/mol. The van der Waals surface area contributed by atoms with E-state index in [0.717, 1.165) is 5.56 Å². The van der Waals surface area contributed by atoms with Crippen molar-refractivity contribution in [1.29, 1.82) is 0 Å². The van der Waals surface area contributed by atoms with Crippen LogP contribution in [0.3, 0.4) is 0 Å². The van der Waals surface area contributed by atoms with Gasteiger partial charge in [-0.25, -0.2) is 18.3 Å². The van der Waals surface area contributed by atoms with Gasteiger partial charge in [0, 0.05) is 56.3 Å². The number of anilines is 1. The van der Waals surface area contributed by atoms with Gasteiger partial charge >= 0.3 is 6.03 Å². The maximum absolute atomic E-state index is 14.4. The van der Waals surface area contributed by atoms with Crippen LogP contribution in [-0.4, -0.2) is 71.8 Å². The lowest BCUT2D eigenvalue weighted by Gasteiger charge is -2.32. The highest BCUT2D eigenvalue weighted by Gasteiger charge is 2.42. The molecule has 10 heteroatoms. The first kappa shape index (κ1) is 26.0. The molecular weight excluding hydrogens is 468 g/mol. The summed E-state index contributed by atoms with van der Waals surface area (Å²) in [6.45, 7) is 4.17. The van der Waals surface area contributed by atoms with Gasteiger partial charge in [0.05, 0.1) is 25.5 Å². The summed E-state index contributed by atoms with van der Waals surface area (Å²) in [6, 6.07) is 10.6. The predicted molar refractivity (Wildman–Crippen MR) is 134 cm³/mol. The largest absolute Gasteiger partial charge is 0.394 e. The number of methoxy groups -OCH3 is 1. The zero-order chi connectivity index (χ0) is 25.7. The van der Waals surface area contributed by atoms with E-state index in [1.54, 1.807) is 30.9 Å². The Hall–Kier alpha value is -3.08. The third-order valence-electron chi connectivity index (χ3n) is 6.94. The second-order valence-electron chi connectivity index (χ2n) is 9.27. The molecule has 1 fully saturated rings. The number of amides is 2. The Bertz CT molecular complexity index is 1100. The highest BCUT2D eigenvalue weighted by atomic mass is 19.2. The molecule has 1 aliphatic heterocycles. The van der Waals surface area contributed by atoms with Gasteiger partial charge in [-0.15, -0.1) is 0 Å². The molecular formula is C26H33F2N5O3. The summed E-state index contributed by atoms with van der Waals surface area (Å²) >= 11 is 0. The number of ether oxygens (including phenoxy) is 1. The number of carbonyl (C=O) groups is 1. The van der Waals surface area contributed by atoms with Gasteiger partial charge in [0.15, 0.2) is 5.83 Å². The molecule has 8 nitrogen and oxygen atoms in total. The number of halogens is 2. The quantitative estimate of drug-likeness (QED) is 0.489. The Morgan fingerprint density at radius 2 is 2.00 bits per heavy atom. The third kappa shape index (κ3) is 5.83. The Labute approximate surface area is 209 Å². The number of carbonyl (C=O) groups excluding carboxylic acids is 1. The van der Waals surface area contributed by atoms with Gasteiger partial charge in [-0.3, -0.25) is 10.2 Å². The SMILES string of the molecule is COCCN1C[C@@H](NC(=O)Nc2cc(-c3ccccc3)nn2CCO)[C@H](C2C=CC(F)=C(F)[C@@H]2C)C1. The maximum atomic E-state index is 14.4. The standard InChI is InChI=1S/C26H33F2N5O3/c1-17-19(8-9-21(27)25(17)28)20-15-32(11-13-36-2)16-23(20)29-26(35)30-24-14-22(31-33(24)10-12-34)18-6-4-3-5-7-18/h3-9,14,17,19-20,23,34H,10-13,15-16H2,1-2H3,(H2,29,30,35)/t17-,19?,20+,23-/m1/s1. The molecule has 3 N–H and O–H groups in total. The average molecular weight is 502 g/mol. The van der Waals surface area contributed by atoms with E-state index in [4.69, 9.17) is 4.74 Å². The molecule has 2 amide bonds. The molecule has 36 heavy (non-hydrogen) atoms. The zero-order valence-electron chi connectivity index (χ0n) is 20.5. The molecule has 1 aliphatic carbocycles. The van der Waals surface area contributed by atoms with E-state index < -0.39 is 23.6 Å². The maximum Gasteiger partial charge on any atom is 0.320 e. The molecule has 194 valence electrons. The van der Waals surface area contributed by atoms with Crippen molar-refractivity contribution in [3.63, 3.8) is 0 Å². The number of benzene rings is 1. The van der Waals surface area contributed by atoms with Gasteiger partial charge in [0.2, 0.25) is 0 Å². The van der Waals surface area contributed by atoms with Gasteiger partial charge in [-0.1, -0.05) is 43.3 Å². The Balaban J connectivity index is 1.49. The summed E-state index contributed by atoms with van der Waals surface area (Å²) in [5.74, 6) is -2.11. The normalized spacial score (nSPS) is 24.4. The van der Waals surface area contributed by atoms with Crippen LogP contribution in [0.1, 0.15) is 6.92 Å². The van der Waals surface area contributed by atoms with Crippen molar-refractivity contribution in [2.45, 2.75) is 19.5 Å². The fourth-order valence-corrected chi connectivity index (χ4v) is 5.05. The number of aliphatic hydroxyl groups excluding tert-OH is 1. The lowest BCUT2D eigenvalue weighted by molar-refractivity contribution is 0.155. The molecule has 0 spiro atoms. The van der Waals surface area contributed by atoms with Crippen molar-refractivity contribution >= 4 is 11.8 Å². The Morgan fingerprint density at radius 1 is 1.22 bits per heavy atom. The second kappa shape index (κ2) is 11.8. The molecule has 0 saturated carbocycles. The fourth-order valence-electron chi connectivity index (χ4n) is 5.05. The summed E-state index contributed by atoms with van der Waals surface area (Å²) in [6.07, 6.45) is 2.90. The van der Waals surface area contributed by atoms with E-state index in [1.165, 1.54) is 6.08 Å². The van der Waals surface area contributed by atoms with E-state index in [2.05, 4.69) is 20.6 Å². The number of aliphatic hydroxyl groups is 1. The number of allylic oxidation sites excluding steroid dienone is 4. The van der Waals surface area contributed by atoms with E-state index >= 15 is 0 Å². The van der Waals surface area contributed by atoms with Crippen LogP contribution in [0.5, 0.6) is 0 Å². The summed E-state index contributed by atoms with van der Waals surface area (Å²) in [4.78, 5) is 15.2. The van der Waals surface area contributed by atoms with Crippen LogP contribution in [0.15, 0.2) is 60.2 Å². The molecule has 1 aromatic carbocycles. The van der Waals surface area contributed by atoms with Gasteiger partial charge in [-0.05, 0) is 12.0 Å². The number of aromatic nitrogens is 2. The molecule has 1 unspecified atom stereocenters. The van der Waals surface area contributed by atoms with E-state index in [9.17, 15) is 18.7 Å². The molecule has 4 rings (SSSR count). The topological polar surface area (TPSA) is 91.7 Å². The molecule has 0 radical (unpaired) electrons. The molecule has 2 aromatic rings. The Kier molecular flexibility index (Phi) is 8.50. The molecule has 0 bridgehead atoms. The van der Waals surface area contributed by atoms with Gasteiger partial charge in [0.25, 0.3) is 0 Å². The summed E-state index contributed by atoms with van der Waals surface area (Å²) < 4.78 is 34.9. The van der Waals surface area contributed by atoms with Gasteiger partial charge in [0.1, 0.15) is 11.6 Å². The summed E-state index contributed by atoms with van der Waals surface area (Å²) in [7, 11) is 1.63. The average Bonchev–Trinajstić information content (AvgIpc) is 3.46. The second-order valence-corrected chi connectivity index (χ2v) is 9.27. The van der Waals surface area contributed by atoms with Crippen LogP contribution in [0.2, 0.25) is 0 Å². The van der Waals surface area contributed by atoms with Crippen molar-refractivity contribution in [3.8, 4) is 11.3 Å². The number of nitrogens with one attached hydrogen (secondary N) is 2. The van der Waals surface area contributed by atoms with Crippen LogP contribution < -0.4 is 10.6 Å². The van der Waals surface area contributed by atoms with Crippen LogP contribution in [0.4, 0.5) is 19.4 Å². The van der Waals surface area contributed by atoms with Crippen LogP contribution in [0.25, 0.3) is 11.3 Å². The van der Waals surface area contributed by atoms with Gasteiger partial charge < -0.3 is 15.2 Å². The first-order valence-electron chi connectivity index (χ1n) is 12.2. The fraction of sp³-hybridized carbons (Fsp3) is 0.462. The number of rotatable bonds is 9. The minimum absolute atomic E-state index is 0.111. The number of urea groups is 1. The summed E-state index contributed by atoms with van der Waals surface area (Å²) in [5, 5.41) is 19.9. The molecule has 4 atom stereocenters. The predicted octanol–water partition coefficient (Wildman–Crippen LogP) is 3.58. The van der Waals surface area contributed by atoms with E-state index in [1.807, 2.05) is 30.3 Å². The van der Waals surface area contributed by atoms with Crippen LogP contribution >= 0.6 is 0 Å². The number of likely N-dealkylation sites (tertiary alicyclic amines) is 1. The van der Waals surface area contributed by atoms with Crippen molar-refractivity contribution in [3.05, 3.63) is 60.2 Å². The first-order chi connectivity index (χ1) is 17.4. The minimum atomic E-state index is -0.832. The molecule has 1 aromatic heterocycles. The van der Waals surface area contributed by atoms with Crippen LogP contribution in [0, 0.1) is 17.8 Å². The Morgan fingerprint density at radius 3 is 2.72 bits per heavy atom. The van der Waals surface area contributed by atoms with Crippen molar-refractivity contribution < 1.29 is 23.4 Å². The van der Waals surface area contributed by atoms with Crippen molar-refractivity contribution in [2.75, 3.05) is 45.3 Å². The van der Waals surface area contributed by atoms with E-state index in [0.29, 0.717) is 37.8 Å². The van der Waals surface area contributed by atoms with Crippen molar-refractivity contribution in [2.24, 2.45) is 17.8 Å². The number of hydrogen-bond donors (Lipinski definition) is 3. The molecule has 2 heterocycles. The van der Waals surface area contributed by atoms with Crippen LogP contribution in [-0.2, 0) is 11.3 Å². The van der Waals surface area contributed by atoms with Gasteiger partial charge in [-0.2, -0.15) is 5.10 Å². The minimum Gasteiger partial charge on any atom is -0.394 e. The third-order valence-corrected chi connectivity index (χ3v) is 6.94. The highest BCUT2D eigenvalue weighted by Crippen LogP contribution is 2.39. The van der Waals surface area contributed by atoms with Crippen molar-refractivity contribution in [1.82, 2.24) is 20.0 Å². The first-order valence-corrected chi connectivity index (χ1v) is 12.2. The molecule has 2 aliphatic rings. The lowest BCUT2D eigenvalue weighted by atomic mass is 9.77. The number of nitrogens with zero attached hydrogens (tertiary/aromatic N) is 3. The molecule has 1 saturated heterocycles. The number of hydrogen-bond acceptors (Lipinski definition) is 5. The highest BCUT2D eigenvalue weighted by molar-refractivity contribution is 5.89. The lowest BCUT2D eigenvalue weighted by Crippen LogP contribution is -2.45. The summed E-state index contributed by atoms with van der Waals surface area (Å²) in [5.41, 5.74) is 1.57.